The monoisotopic (exact) mass is 527 g/mol. The van der Waals surface area contributed by atoms with Crippen molar-refractivity contribution >= 4 is 35.6 Å². The zero-order valence-electron chi connectivity index (χ0n) is 16.9. The minimum atomic E-state index is -6.16. The van der Waals surface area contributed by atoms with Gasteiger partial charge in [-0.15, -0.1) is 0 Å². The molecule has 0 bridgehead atoms. The summed E-state index contributed by atoms with van der Waals surface area (Å²) in [5.41, 5.74) is -6.63. The van der Waals surface area contributed by atoms with Crippen LogP contribution in [-0.2, 0) is 29.9 Å². The lowest BCUT2D eigenvalue weighted by molar-refractivity contribution is -0.0436. The molecule has 33 heavy (non-hydrogen) atoms. The zero-order valence-corrected chi connectivity index (χ0v) is 19.3. The van der Waals surface area contributed by atoms with Gasteiger partial charge in [-0.05, 0) is 56.3 Å². The van der Waals surface area contributed by atoms with Gasteiger partial charge in [0.2, 0.25) is 10.0 Å². The van der Waals surface area contributed by atoms with Crippen LogP contribution >= 0.6 is 0 Å². The van der Waals surface area contributed by atoms with Crippen molar-refractivity contribution < 1.29 is 38.4 Å². The highest BCUT2D eigenvalue weighted by Crippen LogP contribution is 2.40. The number of anilines is 1. The molecule has 3 rings (SSSR count). The average Bonchev–Trinajstić information content (AvgIpc) is 2.73. The van der Waals surface area contributed by atoms with Gasteiger partial charge >= 0.3 is 5.51 Å². The van der Waals surface area contributed by atoms with Crippen molar-refractivity contribution in [1.82, 2.24) is 5.32 Å². The topological polar surface area (TPSA) is 144 Å². The minimum absolute atomic E-state index is 0.175. The number of nitrogens with zero attached hydrogens (tertiary/aromatic N) is 1. The standard InChI is InChI=1S/C18H20F3N3O6S3/c19-18(20,21)31(25,26)17-12-15(32(22,27)28)6-7-16(17)24(13-8-10-23-11-9-13)33(29,30)14-4-2-1-3-5-14/h1-7,12-13,23H,8-11H2,(H2,22,27,28). The van der Waals surface area contributed by atoms with Gasteiger partial charge in [-0.25, -0.2) is 30.4 Å². The van der Waals surface area contributed by atoms with Crippen molar-refractivity contribution in [2.24, 2.45) is 5.14 Å². The molecule has 2 aromatic carbocycles. The van der Waals surface area contributed by atoms with E-state index in [2.05, 4.69) is 5.32 Å². The van der Waals surface area contributed by atoms with E-state index in [1.165, 1.54) is 30.3 Å². The fraction of sp³-hybridized carbons (Fsp3) is 0.333. The molecule has 0 radical (unpaired) electrons. The lowest BCUT2D eigenvalue weighted by Gasteiger charge is -2.36. The van der Waals surface area contributed by atoms with E-state index in [4.69, 9.17) is 5.14 Å². The molecule has 1 heterocycles. The second-order valence-electron chi connectivity index (χ2n) is 7.22. The fourth-order valence-corrected chi connectivity index (χ4v) is 6.86. The van der Waals surface area contributed by atoms with Gasteiger partial charge in [0.25, 0.3) is 19.9 Å². The molecule has 0 aliphatic carbocycles. The van der Waals surface area contributed by atoms with Gasteiger partial charge in [0.1, 0.15) is 4.90 Å². The van der Waals surface area contributed by atoms with E-state index in [-0.39, 0.29) is 23.8 Å². The number of rotatable bonds is 6. The van der Waals surface area contributed by atoms with Gasteiger partial charge in [0.05, 0.1) is 15.5 Å². The minimum Gasteiger partial charge on any atom is -0.317 e. The summed E-state index contributed by atoms with van der Waals surface area (Å²) < 4.78 is 116. The summed E-state index contributed by atoms with van der Waals surface area (Å²) in [5, 5.41) is 7.97. The van der Waals surface area contributed by atoms with E-state index in [0.29, 0.717) is 17.4 Å². The first kappa shape index (κ1) is 25.4. The number of piperidine rings is 1. The molecular formula is C18H20F3N3O6S3. The van der Waals surface area contributed by atoms with Crippen LogP contribution in [-0.4, -0.2) is 49.9 Å². The Labute approximate surface area is 189 Å². The Morgan fingerprint density at radius 2 is 1.45 bits per heavy atom. The Morgan fingerprint density at radius 3 is 1.97 bits per heavy atom. The molecule has 15 heteroatoms. The van der Waals surface area contributed by atoms with Crippen LogP contribution in [0.2, 0.25) is 0 Å². The number of hydrogen-bond donors (Lipinski definition) is 2. The van der Waals surface area contributed by atoms with E-state index in [1.807, 2.05) is 0 Å². The predicted molar refractivity (Wildman–Crippen MR) is 113 cm³/mol. The number of benzene rings is 2. The Kier molecular flexibility index (Phi) is 6.83. The van der Waals surface area contributed by atoms with Gasteiger partial charge in [-0.2, -0.15) is 13.2 Å². The van der Waals surface area contributed by atoms with Gasteiger partial charge < -0.3 is 5.32 Å². The largest absolute Gasteiger partial charge is 0.501 e. The van der Waals surface area contributed by atoms with Crippen LogP contribution in [0.5, 0.6) is 0 Å². The van der Waals surface area contributed by atoms with Crippen LogP contribution in [0.4, 0.5) is 18.9 Å². The van der Waals surface area contributed by atoms with Crippen molar-refractivity contribution in [3.63, 3.8) is 0 Å². The molecule has 0 amide bonds. The summed E-state index contributed by atoms with van der Waals surface area (Å²) in [6.45, 7) is 0.671. The van der Waals surface area contributed by atoms with Crippen molar-refractivity contribution in [2.75, 3.05) is 17.4 Å². The summed E-state index contributed by atoms with van der Waals surface area (Å²) in [6.07, 6.45) is 0.350. The first-order valence-electron chi connectivity index (χ1n) is 9.46. The number of hydrogen-bond acceptors (Lipinski definition) is 7. The Bertz CT molecular complexity index is 1340. The summed E-state index contributed by atoms with van der Waals surface area (Å²) in [7, 11) is -15.3. The third kappa shape index (κ3) is 5.01. The van der Waals surface area contributed by atoms with Crippen LogP contribution < -0.4 is 14.8 Å². The van der Waals surface area contributed by atoms with E-state index in [0.717, 1.165) is 12.1 Å². The third-order valence-electron chi connectivity index (χ3n) is 5.03. The number of nitrogens with one attached hydrogen (secondary N) is 1. The number of primary sulfonamides is 1. The summed E-state index contributed by atoms with van der Waals surface area (Å²) >= 11 is 0. The highest BCUT2D eigenvalue weighted by molar-refractivity contribution is 7.94. The second-order valence-corrected chi connectivity index (χ2v) is 12.5. The summed E-state index contributed by atoms with van der Waals surface area (Å²) in [5.74, 6) is 0. The number of halogens is 3. The smallest absolute Gasteiger partial charge is 0.317 e. The zero-order chi connectivity index (χ0) is 24.7. The molecule has 182 valence electrons. The maximum atomic E-state index is 13.5. The Morgan fingerprint density at radius 1 is 0.879 bits per heavy atom. The molecule has 1 saturated heterocycles. The first-order valence-corrected chi connectivity index (χ1v) is 13.9. The molecule has 3 N–H and O–H groups in total. The number of nitrogens with two attached hydrogens (primary N) is 1. The quantitative estimate of drug-likeness (QED) is 0.580. The van der Waals surface area contributed by atoms with Crippen LogP contribution in [0.15, 0.2) is 63.2 Å². The summed E-state index contributed by atoms with van der Waals surface area (Å²) in [4.78, 5) is -2.69. The lowest BCUT2D eigenvalue weighted by atomic mass is 10.1. The number of sulfonamides is 2. The molecule has 0 saturated carbocycles. The molecule has 1 fully saturated rings. The van der Waals surface area contributed by atoms with Gasteiger partial charge in [-0.1, -0.05) is 18.2 Å². The van der Waals surface area contributed by atoms with Crippen LogP contribution in [0.1, 0.15) is 12.8 Å². The SMILES string of the molecule is NS(=O)(=O)c1ccc(N(C2CCNCC2)S(=O)(=O)c2ccccc2)c(S(=O)(=O)C(F)(F)F)c1. The van der Waals surface area contributed by atoms with Gasteiger partial charge in [0.15, 0.2) is 0 Å². The van der Waals surface area contributed by atoms with Gasteiger partial charge in [-0.3, -0.25) is 4.31 Å². The second kappa shape index (κ2) is 8.87. The highest BCUT2D eigenvalue weighted by Gasteiger charge is 2.50. The maximum Gasteiger partial charge on any atom is 0.501 e. The molecule has 0 spiro atoms. The molecule has 9 nitrogen and oxygen atoms in total. The van der Waals surface area contributed by atoms with Crippen molar-refractivity contribution in [3.05, 3.63) is 48.5 Å². The molecule has 0 atom stereocenters. The molecule has 0 unspecified atom stereocenters. The normalized spacial score (nSPS) is 16.5. The molecule has 0 aromatic heterocycles. The van der Waals surface area contributed by atoms with Crippen molar-refractivity contribution in [3.8, 4) is 0 Å². The Balaban J connectivity index is 2.37. The fourth-order valence-electron chi connectivity index (χ4n) is 3.46. The van der Waals surface area contributed by atoms with Crippen LogP contribution in [0, 0.1) is 0 Å². The maximum absolute atomic E-state index is 13.5. The van der Waals surface area contributed by atoms with E-state index < -0.39 is 56.9 Å². The molecular weight excluding hydrogens is 507 g/mol. The number of sulfone groups is 1. The van der Waals surface area contributed by atoms with Gasteiger partial charge in [0, 0.05) is 6.04 Å². The predicted octanol–water partition coefficient (Wildman–Crippen LogP) is 1.57. The van der Waals surface area contributed by atoms with Crippen LogP contribution in [0.3, 0.4) is 0 Å². The first-order chi connectivity index (χ1) is 15.2. The van der Waals surface area contributed by atoms with E-state index in [1.54, 1.807) is 0 Å². The lowest BCUT2D eigenvalue weighted by Crippen LogP contribution is -2.47. The van der Waals surface area contributed by atoms with Crippen molar-refractivity contribution in [2.45, 2.75) is 39.1 Å². The molecule has 2 aromatic rings. The number of alkyl halides is 3. The molecule has 1 aliphatic rings. The van der Waals surface area contributed by atoms with Crippen molar-refractivity contribution in [1.29, 1.82) is 0 Å². The summed E-state index contributed by atoms with van der Waals surface area (Å²) in [6, 6.07) is 7.64. The van der Waals surface area contributed by atoms with E-state index in [9.17, 15) is 38.4 Å². The van der Waals surface area contributed by atoms with E-state index >= 15 is 0 Å². The average molecular weight is 528 g/mol. The third-order valence-corrected chi connectivity index (χ3v) is 9.34. The Hall–Kier alpha value is -2.20. The molecule has 1 aliphatic heterocycles. The highest BCUT2D eigenvalue weighted by atomic mass is 32.2. The van der Waals surface area contributed by atoms with Crippen LogP contribution in [0.25, 0.3) is 0 Å².